The smallest absolute Gasteiger partial charge is 0.211 e. The molecule has 0 aliphatic heterocycles. The Morgan fingerprint density at radius 3 is 1.31 bits per heavy atom. The van der Waals surface area contributed by atoms with Gasteiger partial charge in [-0.1, -0.05) is 6.92 Å². The molecule has 78 valence electrons. The average Bonchev–Trinajstić information content (AvgIpc) is 1.80. The van der Waals surface area contributed by atoms with Gasteiger partial charge in [0.15, 0.2) is 5.57 Å². The Kier molecular flexibility index (Phi) is 3.34. The quantitative estimate of drug-likeness (QED) is 0.578. The highest BCUT2D eigenvalue weighted by Gasteiger charge is 2.53. The molecule has 0 amide bonds. The predicted octanol–water partition coefficient (Wildman–Crippen LogP) is 3.74. The molecule has 0 atom stereocenters. The largest absolute Gasteiger partial charge is 0.423 e. The van der Waals surface area contributed by atoms with Gasteiger partial charge in [-0.15, -0.1) is 0 Å². The molecular weight excluding hydrogens is 205 g/mol. The van der Waals surface area contributed by atoms with Gasteiger partial charge in [0.2, 0.25) is 0 Å². The van der Waals surface area contributed by atoms with Crippen molar-refractivity contribution >= 4 is 0 Å². The van der Waals surface area contributed by atoms with E-state index in [0.717, 1.165) is 6.92 Å². The lowest BCUT2D eigenvalue weighted by molar-refractivity contribution is -0.174. The predicted molar refractivity (Wildman–Crippen MR) is 30.5 cm³/mol. The number of rotatable bonds is 1. The van der Waals surface area contributed by atoms with Gasteiger partial charge in [-0.3, -0.25) is 0 Å². The Morgan fingerprint density at radius 1 is 0.923 bits per heavy atom. The Balaban J connectivity index is 5.25. The molecular formula is C6H5F7. The van der Waals surface area contributed by atoms with E-state index in [1.54, 1.807) is 0 Å². The first-order valence-corrected chi connectivity index (χ1v) is 3.13. The molecule has 13 heavy (non-hydrogen) atoms. The van der Waals surface area contributed by atoms with Crippen LogP contribution in [0.25, 0.3) is 0 Å². The van der Waals surface area contributed by atoms with Gasteiger partial charge in [-0.25, -0.2) is 4.39 Å². The summed E-state index contributed by atoms with van der Waals surface area (Å²) < 4.78 is 82.0. The number of hydrogen-bond donors (Lipinski definition) is 0. The summed E-state index contributed by atoms with van der Waals surface area (Å²) in [5.74, 6) is -2.19. The molecule has 0 aliphatic rings. The van der Waals surface area contributed by atoms with Gasteiger partial charge >= 0.3 is 12.4 Å². The third-order valence-corrected chi connectivity index (χ3v) is 1.15. The topological polar surface area (TPSA) is 0 Å². The maximum absolute atomic E-state index is 12.2. The van der Waals surface area contributed by atoms with E-state index >= 15 is 0 Å². The molecule has 0 spiro atoms. The van der Waals surface area contributed by atoms with Crippen molar-refractivity contribution in [3.63, 3.8) is 0 Å². The second kappa shape index (κ2) is 3.55. The van der Waals surface area contributed by atoms with Crippen LogP contribution in [-0.4, -0.2) is 12.4 Å². The molecule has 0 heterocycles. The van der Waals surface area contributed by atoms with Crippen molar-refractivity contribution in [2.75, 3.05) is 0 Å². The highest BCUT2D eigenvalue weighted by molar-refractivity contribution is 5.19. The van der Waals surface area contributed by atoms with Crippen LogP contribution in [-0.2, 0) is 0 Å². The van der Waals surface area contributed by atoms with Crippen LogP contribution < -0.4 is 0 Å². The highest BCUT2D eigenvalue weighted by atomic mass is 19.4. The SMILES string of the molecule is CCC(F)=C(C(F)(F)F)C(F)(F)F. The van der Waals surface area contributed by atoms with Gasteiger partial charge in [0.25, 0.3) is 0 Å². The van der Waals surface area contributed by atoms with E-state index in [1.807, 2.05) is 0 Å². The molecule has 0 aromatic rings. The van der Waals surface area contributed by atoms with Crippen LogP contribution in [0.1, 0.15) is 13.3 Å². The molecule has 7 heteroatoms. The molecule has 0 fully saturated rings. The summed E-state index contributed by atoms with van der Waals surface area (Å²) in [6.45, 7) is 0.868. The molecule has 0 radical (unpaired) electrons. The van der Waals surface area contributed by atoms with Crippen LogP contribution in [0.2, 0.25) is 0 Å². The fraction of sp³-hybridized carbons (Fsp3) is 0.667. The first-order valence-electron chi connectivity index (χ1n) is 3.13. The normalized spacial score (nSPS) is 12.9. The zero-order valence-electron chi connectivity index (χ0n) is 6.35. The number of halogens is 7. The Hall–Kier alpha value is -0.750. The summed E-state index contributed by atoms with van der Waals surface area (Å²) in [7, 11) is 0. The van der Waals surface area contributed by atoms with Crippen LogP contribution in [0.3, 0.4) is 0 Å². The minimum atomic E-state index is -5.70. The summed E-state index contributed by atoms with van der Waals surface area (Å²) >= 11 is 0. The van der Waals surface area contributed by atoms with E-state index in [1.165, 1.54) is 0 Å². The second-order valence-electron chi connectivity index (χ2n) is 2.13. The Bertz CT molecular complexity index is 190. The molecule has 0 nitrogen and oxygen atoms in total. The van der Waals surface area contributed by atoms with Crippen LogP contribution in [0.4, 0.5) is 30.7 Å². The van der Waals surface area contributed by atoms with E-state index in [-0.39, 0.29) is 0 Å². The maximum atomic E-state index is 12.2. The van der Waals surface area contributed by atoms with Gasteiger partial charge in [-0.05, 0) is 6.42 Å². The standard InChI is InChI=1S/C6H5F7/c1-2-3(7)4(5(8,9)10)6(11,12)13/h2H2,1H3. The zero-order chi connectivity index (χ0) is 10.9. The van der Waals surface area contributed by atoms with Crippen LogP contribution in [0.15, 0.2) is 11.4 Å². The third kappa shape index (κ3) is 3.23. The lowest BCUT2D eigenvalue weighted by atomic mass is 10.2. The summed E-state index contributed by atoms with van der Waals surface area (Å²) in [5.41, 5.74) is -3.05. The van der Waals surface area contributed by atoms with E-state index in [2.05, 4.69) is 0 Å². The first-order chi connectivity index (χ1) is 5.60. The van der Waals surface area contributed by atoms with Gasteiger partial charge in [0, 0.05) is 0 Å². The molecule has 0 saturated carbocycles. The summed E-state index contributed by atoms with van der Waals surface area (Å²) in [5, 5.41) is 0. The summed E-state index contributed by atoms with van der Waals surface area (Å²) in [6, 6.07) is 0. The lowest BCUT2D eigenvalue weighted by Crippen LogP contribution is -2.27. The van der Waals surface area contributed by atoms with Crippen molar-refractivity contribution in [1.82, 2.24) is 0 Å². The van der Waals surface area contributed by atoms with Crippen LogP contribution in [0, 0.1) is 0 Å². The maximum Gasteiger partial charge on any atom is 0.423 e. The Labute approximate surface area is 69.0 Å². The van der Waals surface area contributed by atoms with Crippen molar-refractivity contribution in [2.24, 2.45) is 0 Å². The van der Waals surface area contributed by atoms with Gasteiger partial charge in [0.1, 0.15) is 5.83 Å². The van der Waals surface area contributed by atoms with Crippen LogP contribution >= 0.6 is 0 Å². The van der Waals surface area contributed by atoms with Crippen molar-refractivity contribution in [1.29, 1.82) is 0 Å². The van der Waals surface area contributed by atoms with E-state index in [0.29, 0.717) is 0 Å². The molecule has 0 aliphatic carbocycles. The summed E-state index contributed by atoms with van der Waals surface area (Å²) in [6.07, 6.45) is -12.3. The number of alkyl halides is 6. The first kappa shape index (κ1) is 12.2. The minimum Gasteiger partial charge on any atom is -0.211 e. The van der Waals surface area contributed by atoms with Crippen molar-refractivity contribution in [2.45, 2.75) is 25.7 Å². The fourth-order valence-electron chi connectivity index (χ4n) is 0.645. The van der Waals surface area contributed by atoms with Gasteiger partial charge in [-0.2, -0.15) is 26.3 Å². The van der Waals surface area contributed by atoms with Crippen LogP contribution in [0.5, 0.6) is 0 Å². The molecule has 0 unspecified atom stereocenters. The Morgan fingerprint density at radius 2 is 1.23 bits per heavy atom. The molecule has 0 aromatic carbocycles. The molecule has 0 N–H and O–H groups in total. The third-order valence-electron chi connectivity index (χ3n) is 1.15. The second-order valence-corrected chi connectivity index (χ2v) is 2.13. The van der Waals surface area contributed by atoms with E-state index in [9.17, 15) is 30.7 Å². The molecule has 0 aromatic heterocycles. The van der Waals surface area contributed by atoms with Crippen molar-refractivity contribution in [3.8, 4) is 0 Å². The lowest BCUT2D eigenvalue weighted by Gasteiger charge is -2.15. The fourth-order valence-corrected chi connectivity index (χ4v) is 0.645. The van der Waals surface area contributed by atoms with E-state index in [4.69, 9.17) is 0 Å². The van der Waals surface area contributed by atoms with Gasteiger partial charge in [0.05, 0.1) is 0 Å². The van der Waals surface area contributed by atoms with Crippen molar-refractivity contribution < 1.29 is 30.7 Å². The molecule has 0 saturated heterocycles. The highest BCUT2D eigenvalue weighted by Crippen LogP contribution is 2.41. The van der Waals surface area contributed by atoms with Gasteiger partial charge < -0.3 is 0 Å². The van der Waals surface area contributed by atoms with E-state index < -0.39 is 30.2 Å². The monoisotopic (exact) mass is 210 g/mol. The van der Waals surface area contributed by atoms with Crippen molar-refractivity contribution in [3.05, 3.63) is 11.4 Å². The minimum absolute atomic E-state index is 0.868. The zero-order valence-corrected chi connectivity index (χ0v) is 6.35. The number of allylic oxidation sites excluding steroid dienone is 2. The number of hydrogen-bond acceptors (Lipinski definition) is 0. The average molecular weight is 210 g/mol. The molecule has 0 bridgehead atoms. The molecule has 0 rings (SSSR count). The summed E-state index contributed by atoms with van der Waals surface area (Å²) in [4.78, 5) is 0.